The zero-order valence-corrected chi connectivity index (χ0v) is 17.9. The van der Waals surface area contributed by atoms with Crippen molar-refractivity contribution in [3.63, 3.8) is 0 Å². The van der Waals surface area contributed by atoms with Gasteiger partial charge in [-0.2, -0.15) is 0 Å². The van der Waals surface area contributed by atoms with Crippen molar-refractivity contribution in [3.8, 4) is 11.3 Å². The average molecular weight is 410 g/mol. The molecule has 1 atom stereocenters. The van der Waals surface area contributed by atoms with Gasteiger partial charge in [0.2, 0.25) is 0 Å². The highest BCUT2D eigenvalue weighted by molar-refractivity contribution is 6.09. The minimum atomic E-state index is -1.40. The molecule has 0 amide bonds. The lowest BCUT2D eigenvalue weighted by Crippen LogP contribution is -2.08. The van der Waals surface area contributed by atoms with Crippen LogP contribution < -0.4 is 0 Å². The van der Waals surface area contributed by atoms with Gasteiger partial charge in [-0.15, -0.1) is 0 Å². The van der Waals surface area contributed by atoms with E-state index in [0.717, 1.165) is 33.2 Å². The van der Waals surface area contributed by atoms with Gasteiger partial charge in [-0.1, -0.05) is 55.5 Å². The van der Waals surface area contributed by atoms with E-state index >= 15 is 0 Å². The van der Waals surface area contributed by atoms with Gasteiger partial charge in [-0.3, -0.25) is 4.98 Å². The van der Waals surface area contributed by atoms with Crippen LogP contribution in [0.5, 0.6) is 0 Å². The van der Waals surface area contributed by atoms with Crippen molar-refractivity contribution >= 4 is 21.9 Å². The van der Waals surface area contributed by atoms with Gasteiger partial charge in [0.25, 0.3) is 0 Å². The van der Waals surface area contributed by atoms with Crippen LogP contribution in [0.2, 0.25) is 0 Å². The predicted octanol–water partition coefficient (Wildman–Crippen LogP) is 8.00. The fourth-order valence-corrected chi connectivity index (χ4v) is 4.17. The molecule has 3 heteroatoms. The Morgan fingerprint density at radius 1 is 0.839 bits per heavy atom. The van der Waals surface area contributed by atoms with E-state index in [9.17, 15) is 4.39 Å². The number of pyridine rings is 1. The third kappa shape index (κ3) is 3.50. The SMILES string of the molecule is CC(c1ccccc1)c1ccnc(-c2cccc3c2oc2ccc(C(C)(C)F)cc23)c1. The minimum Gasteiger partial charge on any atom is -0.455 e. The maximum Gasteiger partial charge on any atom is 0.144 e. The van der Waals surface area contributed by atoms with E-state index in [1.54, 1.807) is 19.9 Å². The molecule has 0 saturated heterocycles. The highest BCUT2D eigenvalue weighted by atomic mass is 19.1. The lowest BCUT2D eigenvalue weighted by molar-refractivity contribution is 0.221. The summed E-state index contributed by atoms with van der Waals surface area (Å²) in [4.78, 5) is 4.64. The third-order valence-corrected chi connectivity index (χ3v) is 6.04. The van der Waals surface area contributed by atoms with E-state index in [1.165, 1.54) is 11.1 Å². The number of aromatic nitrogens is 1. The Morgan fingerprint density at radius 3 is 2.42 bits per heavy atom. The first-order chi connectivity index (χ1) is 14.9. The standard InChI is InChI=1S/C28H24FNO/c1-18(19-8-5-4-6-9-19)20-14-15-30-25(16-20)23-11-7-10-22-24-17-21(28(2,3)29)12-13-26(24)31-27(22)23/h4-18H,1-3H3. The van der Waals surface area contributed by atoms with Crippen LogP contribution in [0.15, 0.2) is 89.5 Å². The summed E-state index contributed by atoms with van der Waals surface area (Å²) in [6, 6.07) is 26.3. The molecule has 0 bridgehead atoms. The molecule has 31 heavy (non-hydrogen) atoms. The summed E-state index contributed by atoms with van der Waals surface area (Å²) in [7, 11) is 0. The zero-order chi connectivity index (χ0) is 21.6. The largest absolute Gasteiger partial charge is 0.455 e. The molecule has 0 N–H and O–H groups in total. The summed E-state index contributed by atoms with van der Waals surface area (Å²) >= 11 is 0. The molecule has 2 aromatic heterocycles. The summed E-state index contributed by atoms with van der Waals surface area (Å²) < 4.78 is 20.7. The fraction of sp³-hybridized carbons (Fsp3) is 0.179. The number of hydrogen-bond acceptors (Lipinski definition) is 2. The molecule has 2 nitrogen and oxygen atoms in total. The van der Waals surface area contributed by atoms with Crippen LogP contribution in [-0.2, 0) is 5.67 Å². The second kappa shape index (κ2) is 7.35. The molecular formula is C28H24FNO. The summed E-state index contributed by atoms with van der Waals surface area (Å²) in [6.07, 6.45) is 1.86. The molecule has 5 aromatic rings. The van der Waals surface area contributed by atoms with Gasteiger partial charge < -0.3 is 4.42 Å². The summed E-state index contributed by atoms with van der Waals surface area (Å²) in [6.45, 7) is 5.35. The molecule has 0 aliphatic rings. The maximum atomic E-state index is 14.5. The molecule has 0 aliphatic heterocycles. The topological polar surface area (TPSA) is 26.0 Å². The normalized spacial score (nSPS) is 13.0. The first-order valence-electron chi connectivity index (χ1n) is 10.6. The van der Waals surface area contributed by atoms with Gasteiger partial charge in [-0.05, 0) is 60.9 Å². The lowest BCUT2D eigenvalue weighted by atomic mass is 9.92. The number of rotatable bonds is 4. The van der Waals surface area contributed by atoms with Crippen LogP contribution in [0.3, 0.4) is 0 Å². The van der Waals surface area contributed by atoms with E-state index in [1.807, 2.05) is 42.6 Å². The van der Waals surface area contributed by atoms with Gasteiger partial charge in [0.15, 0.2) is 0 Å². The maximum absolute atomic E-state index is 14.5. The van der Waals surface area contributed by atoms with Crippen LogP contribution in [0.1, 0.15) is 43.4 Å². The van der Waals surface area contributed by atoms with Crippen molar-refractivity contribution in [2.45, 2.75) is 32.4 Å². The predicted molar refractivity (Wildman–Crippen MR) is 125 cm³/mol. The number of alkyl halides is 1. The molecule has 2 heterocycles. The van der Waals surface area contributed by atoms with Gasteiger partial charge in [0.05, 0.1) is 5.69 Å². The van der Waals surface area contributed by atoms with Crippen molar-refractivity contribution in [2.24, 2.45) is 0 Å². The number of benzene rings is 3. The van der Waals surface area contributed by atoms with Crippen molar-refractivity contribution in [2.75, 3.05) is 0 Å². The number of para-hydroxylation sites is 1. The van der Waals surface area contributed by atoms with Crippen LogP contribution in [0.25, 0.3) is 33.2 Å². The van der Waals surface area contributed by atoms with Crippen molar-refractivity contribution < 1.29 is 8.81 Å². The molecule has 3 aromatic carbocycles. The summed E-state index contributed by atoms with van der Waals surface area (Å²) in [5.74, 6) is 0.257. The average Bonchev–Trinajstić information content (AvgIpc) is 3.17. The summed E-state index contributed by atoms with van der Waals surface area (Å²) in [5.41, 5.74) is 5.05. The first kappa shape index (κ1) is 19.5. The molecule has 154 valence electrons. The number of fused-ring (bicyclic) bond motifs is 3. The van der Waals surface area contributed by atoms with E-state index in [4.69, 9.17) is 4.42 Å². The Morgan fingerprint density at radius 2 is 1.65 bits per heavy atom. The number of halogens is 1. The van der Waals surface area contributed by atoms with E-state index in [-0.39, 0.29) is 5.92 Å². The molecule has 0 aliphatic carbocycles. The number of hydrogen-bond donors (Lipinski definition) is 0. The monoisotopic (exact) mass is 409 g/mol. The Hall–Kier alpha value is -3.46. The Balaban J connectivity index is 1.64. The summed E-state index contributed by atoms with van der Waals surface area (Å²) in [5, 5.41) is 1.90. The van der Waals surface area contributed by atoms with E-state index in [0.29, 0.717) is 5.56 Å². The molecule has 0 saturated carbocycles. The highest BCUT2D eigenvalue weighted by Crippen LogP contribution is 2.38. The first-order valence-corrected chi connectivity index (χ1v) is 10.6. The van der Waals surface area contributed by atoms with Gasteiger partial charge in [-0.25, -0.2) is 4.39 Å². The highest BCUT2D eigenvalue weighted by Gasteiger charge is 2.21. The van der Waals surface area contributed by atoms with Crippen LogP contribution in [0.4, 0.5) is 4.39 Å². The lowest BCUT2D eigenvalue weighted by Gasteiger charge is -2.14. The molecular weight excluding hydrogens is 385 g/mol. The molecule has 0 spiro atoms. The number of nitrogens with zero attached hydrogens (tertiary/aromatic N) is 1. The molecule has 0 fully saturated rings. The zero-order valence-electron chi connectivity index (χ0n) is 17.9. The Bertz CT molecular complexity index is 1380. The van der Waals surface area contributed by atoms with Gasteiger partial charge >= 0.3 is 0 Å². The molecule has 0 radical (unpaired) electrons. The second-order valence-electron chi connectivity index (χ2n) is 8.57. The molecule has 1 unspecified atom stereocenters. The second-order valence-corrected chi connectivity index (χ2v) is 8.57. The smallest absolute Gasteiger partial charge is 0.144 e. The minimum absolute atomic E-state index is 0.257. The van der Waals surface area contributed by atoms with E-state index in [2.05, 4.69) is 48.3 Å². The van der Waals surface area contributed by atoms with Crippen molar-refractivity contribution in [3.05, 3.63) is 102 Å². The van der Waals surface area contributed by atoms with Crippen LogP contribution >= 0.6 is 0 Å². The van der Waals surface area contributed by atoms with Crippen LogP contribution in [0, 0.1) is 0 Å². The fourth-order valence-electron chi connectivity index (χ4n) is 4.17. The Labute approximate surface area is 181 Å². The Kier molecular flexibility index (Phi) is 4.62. The van der Waals surface area contributed by atoms with Gasteiger partial charge in [0, 0.05) is 28.5 Å². The molecule has 5 rings (SSSR count). The van der Waals surface area contributed by atoms with E-state index < -0.39 is 5.67 Å². The quantitative estimate of drug-likeness (QED) is 0.300. The van der Waals surface area contributed by atoms with Crippen molar-refractivity contribution in [1.29, 1.82) is 0 Å². The third-order valence-electron chi connectivity index (χ3n) is 6.04. The van der Waals surface area contributed by atoms with Crippen LogP contribution in [-0.4, -0.2) is 4.98 Å². The van der Waals surface area contributed by atoms with Gasteiger partial charge in [0.1, 0.15) is 16.8 Å². The number of furan rings is 1. The van der Waals surface area contributed by atoms with Crippen molar-refractivity contribution in [1.82, 2.24) is 4.98 Å².